The van der Waals surface area contributed by atoms with Crippen LogP contribution in [0.4, 0.5) is 33.6 Å². The lowest BCUT2D eigenvalue weighted by Gasteiger charge is -2.17. The van der Waals surface area contributed by atoms with Gasteiger partial charge in [0.2, 0.25) is 5.95 Å². The Hall–Kier alpha value is -3.85. The Morgan fingerprint density at radius 1 is 1.11 bits per heavy atom. The number of thioether (sulfide) groups is 1. The molecule has 0 spiro atoms. The van der Waals surface area contributed by atoms with Gasteiger partial charge in [0.15, 0.2) is 16.8 Å². The summed E-state index contributed by atoms with van der Waals surface area (Å²) in [6.07, 6.45) is 1.67. The summed E-state index contributed by atoms with van der Waals surface area (Å²) in [4.78, 5) is 29.8. The van der Waals surface area contributed by atoms with E-state index in [0.717, 1.165) is 4.57 Å². The lowest BCUT2D eigenvalue weighted by molar-refractivity contribution is 0.485. The van der Waals surface area contributed by atoms with Crippen LogP contribution in [0, 0.1) is 17.5 Å². The molecule has 4 rings (SSSR count). The first-order valence-corrected chi connectivity index (χ1v) is 11.9. The van der Waals surface area contributed by atoms with Crippen LogP contribution in [0.2, 0.25) is 5.02 Å². The smallest absolute Gasteiger partial charge is 0.355 e. The molecule has 16 heteroatoms. The van der Waals surface area contributed by atoms with Gasteiger partial charge in [0, 0.05) is 30.3 Å². The van der Waals surface area contributed by atoms with Crippen LogP contribution in [0.15, 0.2) is 50.9 Å². The molecule has 0 saturated carbocycles. The first-order valence-electron chi connectivity index (χ1n) is 10.6. The number of rotatable bonds is 8. The number of nitrogens with two attached hydrogens (primary N) is 1. The zero-order valence-corrected chi connectivity index (χ0v) is 20.9. The highest BCUT2D eigenvalue weighted by molar-refractivity contribution is 8.02. The molecule has 9 nitrogen and oxygen atoms in total. The average Bonchev–Trinajstić information content (AvgIpc) is 3.21. The fourth-order valence-electron chi connectivity index (χ4n) is 3.52. The number of allylic oxidation sites excluding steroid dienone is 1. The minimum Gasteiger partial charge on any atom is -0.398 e. The number of fused-ring (bicyclic) bond motifs is 1. The van der Waals surface area contributed by atoms with Crippen LogP contribution in [-0.2, 0) is 20.1 Å². The van der Waals surface area contributed by atoms with E-state index in [1.807, 2.05) is 0 Å². The number of alkyl halides is 1. The molecule has 38 heavy (non-hydrogen) atoms. The van der Waals surface area contributed by atoms with E-state index < -0.39 is 70.3 Å². The Morgan fingerprint density at radius 2 is 1.82 bits per heavy atom. The maximum absolute atomic E-state index is 14.5. The van der Waals surface area contributed by atoms with E-state index in [0.29, 0.717) is 27.6 Å². The summed E-state index contributed by atoms with van der Waals surface area (Å²) in [6.45, 7) is -1.54. The Kier molecular flexibility index (Phi) is 7.78. The number of hydrogen-bond acceptors (Lipinski definition) is 7. The zero-order chi connectivity index (χ0) is 27.7. The molecule has 2 aromatic carbocycles. The number of nitrogens with zero attached hydrogens (tertiary/aromatic N) is 5. The molecule has 0 atom stereocenters. The maximum Gasteiger partial charge on any atom is 0.355 e. The molecule has 0 unspecified atom stereocenters. The highest BCUT2D eigenvalue weighted by Crippen LogP contribution is 2.29. The van der Waals surface area contributed by atoms with Crippen molar-refractivity contribution in [1.29, 1.82) is 0 Å². The first-order chi connectivity index (χ1) is 18.0. The summed E-state index contributed by atoms with van der Waals surface area (Å²) < 4.78 is 70.9. The highest BCUT2D eigenvalue weighted by Gasteiger charge is 2.19. The van der Waals surface area contributed by atoms with Gasteiger partial charge in [0.25, 0.3) is 0 Å². The van der Waals surface area contributed by atoms with Crippen molar-refractivity contribution in [3.8, 4) is 0 Å². The largest absolute Gasteiger partial charge is 0.398 e. The van der Waals surface area contributed by atoms with E-state index >= 15 is 0 Å². The zero-order valence-electron chi connectivity index (χ0n) is 19.3. The lowest BCUT2D eigenvalue weighted by atomic mass is 10.2. The van der Waals surface area contributed by atoms with Crippen molar-refractivity contribution in [3.63, 3.8) is 0 Å². The third-order valence-electron chi connectivity index (χ3n) is 5.28. The van der Waals surface area contributed by atoms with Crippen LogP contribution >= 0.6 is 23.4 Å². The van der Waals surface area contributed by atoms with Gasteiger partial charge in [-0.1, -0.05) is 23.4 Å². The lowest BCUT2D eigenvalue weighted by Crippen LogP contribution is -2.43. The SMILES string of the molecule is Cn1cc2cc(Nc3nc(=O)n(C/C(N)=C(\F)SCF)c(=O)n3Cc3cc(F)c(F)cc3F)c(Cl)cc2n1. The predicted molar refractivity (Wildman–Crippen MR) is 133 cm³/mol. The maximum atomic E-state index is 14.5. The molecule has 2 aromatic heterocycles. The Balaban J connectivity index is 1.86. The van der Waals surface area contributed by atoms with Gasteiger partial charge in [-0.25, -0.2) is 31.7 Å². The molecule has 0 aliphatic heterocycles. The molecule has 0 radical (unpaired) electrons. The van der Waals surface area contributed by atoms with Crippen molar-refractivity contribution >= 4 is 45.9 Å². The van der Waals surface area contributed by atoms with Gasteiger partial charge in [-0.3, -0.25) is 9.25 Å². The second-order valence-electron chi connectivity index (χ2n) is 7.90. The number of aromatic nitrogens is 5. The van der Waals surface area contributed by atoms with Gasteiger partial charge in [-0.05, 0) is 18.2 Å². The molecular formula is C22H17ClF5N7O2S. The van der Waals surface area contributed by atoms with E-state index in [2.05, 4.69) is 15.4 Å². The second kappa shape index (κ2) is 10.9. The highest BCUT2D eigenvalue weighted by atomic mass is 35.5. The van der Waals surface area contributed by atoms with Gasteiger partial charge in [0.05, 0.1) is 35.0 Å². The Bertz CT molecular complexity index is 1700. The summed E-state index contributed by atoms with van der Waals surface area (Å²) in [5.74, 6) is -4.45. The standard InChI is InChI=1S/C22H17ClF5N7O2S/c1-33-6-11-3-18(12(23)4-17(11)32-33)30-20-31-21(36)35(8-16(29)19(28)38-9-24)22(37)34(20)7-10-2-14(26)15(27)5-13(10)25/h2-6H,7-9,29H2,1H3,(H,30,31,36)/b19-16-. The van der Waals surface area contributed by atoms with Crippen molar-refractivity contribution in [2.75, 3.05) is 11.3 Å². The number of nitrogens with one attached hydrogen (secondary N) is 1. The fraction of sp³-hybridized carbons (Fsp3) is 0.182. The average molecular weight is 574 g/mol. The molecule has 200 valence electrons. The second-order valence-corrected chi connectivity index (χ2v) is 9.17. The summed E-state index contributed by atoms with van der Waals surface area (Å²) in [6, 6.07) is 2.74. The van der Waals surface area contributed by atoms with Crippen LogP contribution in [0.3, 0.4) is 0 Å². The predicted octanol–water partition coefficient (Wildman–Crippen LogP) is 3.91. The third kappa shape index (κ3) is 5.52. The third-order valence-corrected chi connectivity index (χ3v) is 6.22. The molecule has 4 aromatic rings. The minimum absolute atomic E-state index is 0.107. The van der Waals surface area contributed by atoms with Crippen LogP contribution in [0.25, 0.3) is 10.9 Å². The Labute approximate surface area is 219 Å². The molecule has 0 bridgehead atoms. The Morgan fingerprint density at radius 3 is 2.53 bits per heavy atom. The molecule has 3 N–H and O–H groups in total. The van der Waals surface area contributed by atoms with Crippen LogP contribution in [0.1, 0.15) is 5.56 Å². The number of halogens is 6. The van der Waals surface area contributed by atoms with Crippen molar-refractivity contribution < 1.29 is 22.0 Å². The minimum atomic E-state index is -1.45. The summed E-state index contributed by atoms with van der Waals surface area (Å²) in [5.41, 5.74) is 2.85. The fourth-order valence-corrected chi connectivity index (χ4v) is 4.07. The number of anilines is 2. The number of hydrogen-bond donors (Lipinski definition) is 2. The summed E-state index contributed by atoms with van der Waals surface area (Å²) >= 11 is 6.43. The molecule has 0 aliphatic rings. The van der Waals surface area contributed by atoms with Crippen LogP contribution in [-0.4, -0.2) is 29.9 Å². The summed E-state index contributed by atoms with van der Waals surface area (Å²) in [5, 5.41) is 6.53. The quantitative estimate of drug-likeness (QED) is 0.243. The van der Waals surface area contributed by atoms with Gasteiger partial charge in [0.1, 0.15) is 11.8 Å². The first kappa shape index (κ1) is 27.2. The molecule has 0 aliphatic carbocycles. The van der Waals surface area contributed by atoms with E-state index in [1.165, 1.54) is 10.7 Å². The van der Waals surface area contributed by atoms with E-state index in [4.69, 9.17) is 17.3 Å². The normalized spacial score (nSPS) is 12.2. The van der Waals surface area contributed by atoms with Crippen molar-refractivity contribution in [2.24, 2.45) is 12.8 Å². The van der Waals surface area contributed by atoms with Gasteiger partial charge in [-0.2, -0.15) is 14.5 Å². The molecule has 0 amide bonds. The van der Waals surface area contributed by atoms with E-state index in [1.54, 1.807) is 19.3 Å². The summed E-state index contributed by atoms with van der Waals surface area (Å²) in [7, 11) is 1.69. The monoisotopic (exact) mass is 573 g/mol. The number of benzene rings is 2. The molecule has 0 fully saturated rings. The number of aryl methyl sites for hydroxylation is 1. The van der Waals surface area contributed by atoms with Gasteiger partial charge >= 0.3 is 11.4 Å². The van der Waals surface area contributed by atoms with Crippen molar-refractivity contribution in [3.05, 3.63) is 90.3 Å². The van der Waals surface area contributed by atoms with Crippen LogP contribution < -0.4 is 22.4 Å². The van der Waals surface area contributed by atoms with E-state index in [9.17, 15) is 31.5 Å². The molecule has 0 saturated heterocycles. The van der Waals surface area contributed by atoms with Crippen LogP contribution in [0.5, 0.6) is 0 Å². The van der Waals surface area contributed by atoms with Gasteiger partial charge in [-0.15, -0.1) is 0 Å². The van der Waals surface area contributed by atoms with Crippen molar-refractivity contribution in [2.45, 2.75) is 13.1 Å². The van der Waals surface area contributed by atoms with Crippen molar-refractivity contribution in [1.82, 2.24) is 23.9 Å². The molecular weight excluding hydrogens is 557 g/mol. The van der Waals surface area contributed by atoms with Gasteiger partial charge < -0.3 is 11.1 Å². The molecule has 2 heterocycles. The van der Waals surface area contributed by atoms with E-state index in [-0.39, 0.29) is 22.5 Å². The topological polar surface area (TPSA) is 113 Å².